The van der Waals surface area contributed by atoms with Crippen molar-refractivity contribution < 1.29 is 14.6 Å². The van der Waals surface area contributed by atoms with E-state index in [0.29, 0.717) is 25.0 Å². The summed E-state index contributed by atoms with van der Waals surface area (Å²) in [4.78, 5) is 9.49. The van der Waals surface area contributed by atoms with Crippen LogP contribution in [0.5, 0.6) is 5.75 Å². The van der Waals surface area contributed by atoms with Crippen LogP contribution in [-0.4, -0.2) is 37.4 Å². The fourth-order valence-corrected chi connectivity index (χ4v) is 4.15. The second-order valence-electron chi connectivity index (χ2n) is 6.06. The number of carboxylic acid groups (broad SMARTS) is 1. The van der Waals surface area contributed by atoms with Crippen molar-refractivity contribution in [2.75, 3.05) is 26.2 Å². The van der Waals surface area contributed by atoms with Gasteiger partial charge in [0.05, 0.1) is 3.57 Å². The molecule has 0 bridgehead atoms. The van der Waals surface area contributed by atoms with Crippen molar-refractivity contribution in [3.63, 3.8) is 0 Å². The first-order chi connectivity index (χ1) is 11.5. The summed E-state index contributed by atoms with van der Waals surface area (Å²) in [6.07, 6.45) is 0.837. The zero-order valence-corrected chi connectivity index (χ0v) is 16.3. The van der Waals surface area contributed by atoms with Crippen LogP contribution in [0.4, 0.5) is 4.79 Å². The molecule has 1 aromatic rings. The molecule has 3 unspecified atom stereocenters. The second kappa shape index (κ2) is 8.71. The van der Waals surface area contributed by atoms with Crippen molar-refractivity contribution in [2.45, 2.75) is 25.7 Å². The smallest absolute Gasteiger partial charge is 0.404 e. The molecule has 132 valence electrons. The van der Waals surface area contributed by atoms with Gasteiger partial charge in [-0.1, -0.05) is 19.6 Å². The molecule has 0 aromatic heterocycles. The Hall–Kier alpha value is -1.28. The molecule has 3 N–H and O–H groups in total. The molecule has 0 radical (unpaired) electrons. The van der Waals surface area contributed by atoms with E-state index < -0.39 is 6.09 Å². The Balaban J connectivity index is 0.000000301. The first-order valence-electron chi connectivity index (χ1n) is 8.24. The normalized spacial score (nSPS) is 23.5. The third kappa shape index (κ3) is 4.22. The quantitative estimate of drug-likeness (QED) is 0.491. The molecule has 3 rings (SSSR count). The maximum Gasteiger partial charge on any atom is 0.404 e. The second-order valence-corrected chi connectivity index (χ2v) is 7.23. The van der Waals surface area contributed by atoms with Crippen LogP contribution in [0.25, 0.3) is 0 Å². The van der Waals surface area contributed by atoms with Crippen LogP contribution in [0.15, 0.2) is 24.8 Å². The first-order valence-corrected chi connectivity index (χ1v) is 9.32. The predicted octanol–water partition coefficient (Wildman–Crippen LogP) is 3.55. The van der Waals surface area contributed by atoms with Gasteiger partial charge in [-0.2, -0.15) is 0 Å². The average molecular weight is 444 g/mol. The van der Waals surface area contributed by atoms with Crippen LogP contribution >= 0.6 is 22.6 Å². The van der Waals surface area contributed by atoms with Gasteiger partial charge in [0.25, 0.3) is 0 Å². The van der Waals surface area contributed by atoms with E-state index in [2.05, 4.69) is 58.9 Å². The van der Waals surface area contributed by atoms with Gasteiger partial charge in [0.1, 0.15) is 12.4 Å². The summed E-state index contributed by atoms with van der Waals surface area (Å²) < 4.78 is 6.96. The number of nitrogens with one attached hydrogen (secondary N) is 2. The fraction of sp³-hybridized carbons (Fsp3) is 0.500. The van der Waals surface area contributed by atoms with E-state index in [1.165, 1.54) is 14.7 Å². The molecular weight excluding hydrogens is 419 g/mol. The summed E-state index contributed by atoms with van der Waals surface area (Å²) in [6, 6.07) is 4.58. The summed E-state index contributed by atoms with van der Waals surface area (Å²) in [6.45, 7) is 11.1. The summed E-state index contributed by atoms with van der Waals surface area (Å²) >= 11 is 2.37. The van der Waals surface area contributed by atoms with Gasteiger partial charge in [0.15, 0.2) is 0 Å². The van der Waals surface area contributed by atoms with Crippen molar-refractivity contribution in [1.29, 1.82) is 0 Å². The zero-order chi connectivity index (χ0) is 17.7. The molecule has 3 atom stereocenters. The minimum atomic E-state index is -0.961. The molecule has 1 aliphatic carbocycles. The molecule has 1 aromatic carbocycles. The predicted molar refractivity (Wildman–Crippen MR) is 104 cm³/mol. The van der Waals surface area contributed by atoms with Crippen molar-refractivity contribution >= 4 is 28.7 Å². The average Bonchev–Trinajstić information content (AvgIpc) is 3.10. The van der Waals surface area contributed by atoms with E-state index in [1.807, 2.05) is 0 Å². The molecule has 0 spiro atoms. The minimum absolute atomic E-state index is 0.481. The molecular formula is C18H25IN2O3. The highest BCUT2D eigenvalue weighted by molar-refractivity contribution is 14.1. The van der Waals surface area contributed by atoms with Gasteiger partial charge in [-0.05, 0) is 71.2 Å². The topological polar surface area (TPSA) is 70.6 Å². The van der Waals surface area contributed by atoms with Gasteiger partial charge in [0, 0.05) is 19.0 Å². The number of benzene rings is 1. The lowest BCUT2D eigenvalue weighted by atomic mass is 9.91. The molecule has 2 aliphatic rings. The molecule has 1 amide bonds. The van der Waals surface area contributed by atoms with Gasteiger partial charge in [-0.3, -0.25) is 0 Å². The highest BCUT2D eigenvalue weighted by Gasteiger charge is 2.41. The Bertz CT molecular complexity index is 606. The third-order valence-electron chi connectivity index (χ3n) is 4.62. The molecule has 24 heavy (non-hydrogen) atoms. The highest BCUT2D eigenvalue weighted by Crippen LogP contribution is 2.49. The number of fused-ring (bicyclic) bond motifs is 3. The number of amides is 1. The van der Waals surface area contributed by atoms with Crippen LogP contribution in [-0.2, 0) is 0 Å². The molecule has 5 nitrogen and oxygen atoms in total. The lowest BCUT2D eigenvalue weighted by Gasteiger charge is -2.13. The fourth-order valence-electron chi connectivity index (χ4n) is 3.51. The van der Waals surface area contributed by atoms with Crippen molar-refractivity contribution in [1.82, 2.24) is 10.6 Å². The minimum Gasteiger partial charge on any atom is -0.488 e. The molecule has 0 saturated carbocycles. The van der Waals surface area contributed by atoms with E-state index in [1.54, 1.807) is 13.0 Å². The SMILES string of the molecule is C=CCOc1cc2c(cc1I)C(C)C1CNCC21.CCNC(=O)O. The molecule has 1 fully saturated rings. The van der Waals surface area contributed by atoms with Crippen LogP contribution in [0.1, 0.15) is 36.8 Å². The number of halogens is 1. The van der Waals surface area contributed by atoms with Crippen LogP contribution in [0.2, 0.25) is 0 Å². The lowest BCUT2D eigenvalue weighted by Crippen LogP contribution is -2.19. The van der Waals surface area contributed by atoms with E-state index >= 15 is 0 Å². The largest absolute Gasteiger partial charge is 0.488 e. The molecule has 1 heterocycles. The highest BCUT2D eigenvalue weighted by atomic mass is 127. The molecule has 1 aliphatic heterocycles. The monoisotopic (exact) mass is 444 g/mol. The van der Waals surface area contributed by atoms with E-state index in [-0.39, 0.29) is 0 Å². The van der Waals surface area contributed by atoms with Gasteiger partial charge >= 0.3 is 6.09 Å². The Morgan fingerprint density at radius 2 is 2.25 bits per heavy atom. The summed E-state index contributed by atoms with van der Waals surface area (Å²) in [5.74, 6) is 3.12. The number of rotatable bonds is 4. The molecule has 1 saturated heterocycles. The third-order valence-corrected chi connectivity index (χ3v) is 5.46. The van der Waals surface area contributed by atoms with Crippen molar-refractivity contribution in [2.24, 2.45) is 5.92 Å². The number of carbonyl (C=O) groups is 1. The summed E-state index contributed by atoms with van der Waals surface area (Å²) in [5.41, 5.74) is 3.03. The summed E-state index contributed by atoms with van der Waals surface area (Å²) in [7, 11) is 0. The van der Waals surface area contributed by atoms with E-state index in [0.717, 1.165) is 24.8 Å². The van der Waals surface area contributed by atoms with Gasteiger partial charge < -0.3 is 20.5 Å². The van der Waals surface area contributed by atoms with Crippen molar-refractivity contribution in [3.8, 4) is 5.75 Å². The lowest BCUT2D eigenvalue weighted by molar-refractivity contribution is 0.195. The van der Waals surface area contributed by atoms with Gasteiger partial charge in [0.2, 0.25) is 0 Å². The number of hydrogen-bond acceptors (Lipinski definition) is 3. The number of ether oxygens (including phenoxy) is 1. The maximum atomic E-state index is 9.49. The Labute approximate surface area is 157 Å². The van der Waals surface area contributed by atoms with Crippen molar-refractivity contribution in [3.05, 3.63) is 39.5 Å². The zero-order valence-electron chi connectivity index (χ0n) is 14.1. The first kappa shape index (κ1) is 19.1. The van der Waals surface area contributed by atoms with Gasteiger partial charge in [-0.25, -0.2) is 4.79 Å². The van der Waals surface area contributed by atoms with Crippen LogP contribution in [0, 0.1) is 9.49 Å². The Morgan fingerprint density at radius 1 is 1.50 bits per heavy atom. The standard InChI is InChI=1S/C15H18INO.C3H7NO2/c1-3-4-18-15-6-11-10(5-14(15)16)9(2)12-7-17-8-13(11)12;1-2-4-3(5)6/h3,5-6,9,12-13,17H,1,4,7-8H2,2H3;4H,2H2,1H3,(H,5,6). The van der Waals surface area contributed by atoms with E-state index in [9.17, 15) is 4.79 Å². The number of hydrogen-bond donors (Lipinski definition) is 3. The van der Waals surface area contributed by atoms with Crippen LogP contribution < -0.4 is 15.4 Å². The molecule has 6 heteroatoms. The Kier molecular flexibility index (Phi) is 6.91. The van der Waals surface area contributed by atoms with E-state index in [4.69, 9.17) is 9.84 Å². The van der Waals surface area contributed by atoms with Gasteiger partial charge in [-0.15, -0.1) is 0 Å². The Morgan fingerprint density at radius 3 is 2.83 bits per heavy atom. The summed E-state index contributed by atoms with van der Waals surface area (Å²) in [5, 5.41) is 13.4. The van der Waals surface area contributed by atoms with Crippen LogP contribution in [0.3, 0.4) is 0 Å². The maximum absolute atomic E-state index is 9.49.